The Bertz CT molecular complexity index is 958. The van der Waals surface area contributed by atoms with Crippen molar-refractivity contribution in [2.24, 2.45) is 0 Å². The molecule has 0 unspecified atom stereocenters. The molecule has 0 radical (unpaired) electrons. The third kappa shape index (κ3) is 2.20. The highest BCUT2D eigenvalue weighted by Crippen LogP contribution is 2.23. The van der Waals surface area contributed by atoms with Gasteiger partial charge >= 0.3 is 0 Å². The van der Waals surface area contributed by atoms with E-state index in [1.54, 1.807) is 0 Å². The second-order valence-corrected chi connectivity index (χ2v) is 6.67. The Morgan fingerprint density at radius 2 is 1.29 bits per heavy atom. The monoisotopic (exact) mass is 317 g/mol. The Kier molecular flexibility index (Phi) is 2.97. The van der Waals surface area contributed by atoms with E-state index in [2.05, 4.69) is 58.3 Å². The number of imidazole rings is 2. The van der Waals surface area contributed by atoms with Crippen molar-refractivity contribution in [2.75, 3.05) is 7.05 Å². The lowest BCUT2D eigenvalue weighted by Gasteiger charge is -2.12. The highest BCUT2D eigenvalue weighted by molar-refractivity contribution is 5.80. The molecule has 5 heteroatoms. The van der Waals surface area contributed by atoms with Gasteiger partial charge in [0.05, 0.1) is 35.2 Å². The number of rotatable bonds is 0. The maximum Gasteiger partial charge on any atom is 0.121 e. The van der Waals surface area contributed by atoms with Crippen LogP contribution in [0.3, 0.4) is 0 Å². The fourth-order valence-electron chi connectivity index (χ4n) is 3.68. The van der Waals surface area contributed by atoms with E-state index in [1.165, 1.54) is 11.1 Å². The first-order valence-corrected chi connectivity index (χ1v) is 8.38. The van der Waals surface area contributed by atoms with Gasteiger partial charge in [-0.2, -0.15) is 0 Å². The molecule has 5 rings (SSSR count). The van der Waals surface area contributed by atoms with Crippen LogP contribution in [0.2, 0.25) is 0 Å². The van der Waals surface area contributed by atoms with Crippen molar-refractivity contribution in [3.05, 3.63) is 59.2 Å². The minimum atomic E-state index is 0.776. The highest BCUT2D eigenvalue weighted by Gasteiger charge is 2.14. The molecule has 0 atom stereocenters. The molecule has 5 nitrogen and oxygen atoms in total. The van der Waals surface area contributed by atoms with Crippen molar-refractivity contribution in [3.63, 3.8) is 0 Å². The Balaban J connectivity index is 1.69. The molecule has 0 saturated carbocycles. The lowest BCUT2D eigenvalue weighted by Crippen LogP contribution is -2.18. The van der Waals surface area contributed by atoms with Gasteiger partial charge < -0.3 is 9.97 Å². The normalized spacial score (nSPS) is 15.7. The van der Waals surface area contributed by atoms with Gasteiger partial charge in [0, 0.05) is 0 Å². The molecule has 120 valence electrons. The lowest BCUT2D eigenvalue weighted by atomic mass is 10.0. The van der Waals surface area contributed by atoms with Crippen LogP contribution in [0.4, 0.5) is 0 Å². The van der Waals surface area contributed by atoms with Gasteiger partial charge in [0.15, 0.2) is 0 Å². The summed E-state index contributed by atoms with van der Waals surface area (Å²) < 4.78 is 0. The van der Waals surface area contributed by atoms with Crippen molar-refractivity contribution in [2.45, 2.75) is 25.9 Å². The second kappa shape index (κ2) is 5.18. The molecule has 2 aromatic heterocycles. The van der Waals surface area contributed by atoms with Gasteiger partial charge in [-0.25, -0.2) is 9.97 Å². The predicted octanol–water partition coefficient (Wildman–Crippen LogP) is 3.17. The van der Waals surface area contributed by atoms with Crippen LogP contribution in [-0.2, 0) is 25.9 Å². The van der Waals surface area contributed by atoms with Gasteiger partial charge in [0.25, 0.3) is 0 Å². The van der Waals surface area contributed by atoms with Crippen LogP contribution < -0.4 is 0 Å². The molecule has 1 aliphatic heterocycles. The van der Waals surface area contributed by atoms with E-state index < -0.39 is 0 Å². The largest absolute Gasteiger partial charge is 0.341 e. The van der Waals surface area contributed by atoms with E-state index in [-0.39, 0.29) is 0 Å². The Morgan fingerprint density at radius 3 is 1.79 bits per heavy atom. The van der Waals surface area contributed by atoms with E-state index in [9.17, 15) is 0 Å². The summed E-state index contributed by atoms with van der Waals surface area (Å²) in [6.07, 6.45) is 1.94. The number of aromatic amines is 2. The van der Waals surface area contributed by atoms with Crippen molar-refractivity contribution in [3.8, 4) is 0 Å². The number of hydrogen-bond acceptors (Lipinski definition) is 3. The summed E-state index contributed by atoms with van der Waals surface area (Å²) in [6, 6.07) is 12.8. The number of nitrogens with zero attached hydrogens (tertiary/aromatic N) is 3. The maximum atomic E-state index is 4.85. The summed E-state index contributed by atoms with van der Waals surface area (Å²) in [5.41, 5.74) is 7.06. The minimum Gasteiger partial charge on any atom is -0.341 e. The maximum absolute atomic E-state index is 4.85. The van der Waals surface area contributed by atoms with Crippen LogP contribution in [0.1, 0.15) is 22.8 Å². The highest BCUT2D eigenvalue weighted by atomic mass is 15.1. The van der Waals surface area contributed by atoms with Crippen molar-refractivity contribution < 1.29 is 0 Å². The number of fused-ring (bicyclic) bond motifs is 2. The van der Waals surface area contributed by atoms with E-state index >= 15 is 0 Å². The van der Waals surface area contributed by atoms with Crippen LogP contribution in [0, 0.1) is 0 Å². The Morgan fingerprint density at radius 1 is 0.792 bits per heavy atom. The van der Waals surface area contributed by atoms with Crippen LogP contribution in [0.25, 0.3) is 22.1 Å². The van der Waals surface area contributed by atoms with Crippen LogP contribution in [0.15, 0.2) is 36.4 Å². The third-order valence-corrected chi connectivity index (χ3v) is 4.79. The zero-order valence-electron chi connectivity index (χ0n) is 13.6. The molecule has 1 aliphatic rings. The Hall–Kier alpha value is -2.66. The minimum absolute atomic E-state index is 0.776. The van der Waals surface area contributed by atoms with E-state index in [0.29, 0.717) is 0 Å². The fraction of sp³-hybridized carbons (Fsp3) is 0.263. The van der Waals surface area contributed by atoms with Crippen LogP contribution >= 0.6 is 0 Å². The van der Waals surface area contributed by atoms with Crippen molar-refractivity contribution >= 4 is 22.1 Å². The topological polar surface area (TPSA) is 60.6 Å². The van der Waals surface area contributed by atoms with Crippen molar-refractivity contribution in [1.29, 1.82) is 0 Å². The molecule has 2 aromatic carbocycles. The quantitative estimate of drug-likeness (QED) is 0.524. The summed E-state index contributed by atoms with van der Waals surface area (Å²) in [4.78, 5) is 18.8. The molecule has 4 bridgehead atoms. The average molecular weight is 317 g/mol. The number of nitrogens with one attached hydrogen (secondary N) is 2. The zero-order chi connectivity index (χ0) is 16.1. The van der Waals surface area contributed by atoms with Crippen LogP contribution in [0.5, 0.6) is 0 Å². The van der Waals surface area contributed by atoms with E-state index in [0.717, 1.165) is 59.6 Å². The van der Waals surface area contributed by atoms with Gasteiger partial charge in [0.1, 0.15) is 11.6 Å². The molecular weight excluding hydrogens is 298 g/mol. The van der Waals surface area contributed by atoms with Gasteiger partial charge in [-0.05, 0) is 43.1 Å². The fourth-order valence-corrected chi connectivity index (χ4v) is 3.68. The first-order chi connectivity index (χ1) is 11.8. The van der Waals surface area contributed by atoms with Gasteiger partial charge in [0.2, 0.25) is 0 Å². The molecular formula is C19H19N5. The van der Waals surface area contributed by atoms with E-state index in [1.807, 2.05) is 0 Å². The smallest absolute Gasteiger partial charge is 0.121 e. The third-order valence-electron chi connectivity index (χ3n) is 4.79. The molecule has 4 aromatic rings. The van der Waals surface area contributed by atoms with E-state index in [4.69, 9.17) is 9.97 Å². The van der Waals surface area contributed by atoms with Gasteiger partial charge in [-0.15, -0.1) is 0 Å². The molecule has 3 heterocycles. The summed E-state index contributed by atoms with van der Waals surface area (Å²) in [7, 11) is 2.10. The van der Waals surface area contributed by atoms with Gasteiger partial charge in [-0.1, -0.05) is 24.3 Å². The molecule has 0 amide bonds. The summed E-state index contributed by atoms with van der Waals surface area (Å²) in [6.45, 7) is 1.55. The van der Waals surface area contributed by atoms with Crippen LogP contribution in [-0.4, -0.2) is 31.9 Å². The predicted molar refractivity (Wildman–Crippen MR) is 94.8 cm³/mol. The SMILES string of the molecule is CN1Cc2nc3c(cccc3[nH]2)CCc2cccc3[nH]c(nc23)C1. The van der Waals surface area contributed by atoms with Gasteiger partial charge in [-0.3, -0.25) is 4.90 Å². The number of H-pyrrole nitrogens is 2. The summed E-state index contributed by atoms with van der Waals surface area (Å²) in [5.74, 6) is 2.02. The zero-order valence-corrected chi connectivity index (χ0v) is 13.6. The molecule has 2 N–H and O–H groups in total. The lowest BCUT2D eigenvalue weighted by molar-refractivity contribution is 0.305. The molecule has 24 heavy (non-hydrogen) atoms. The number of hydrogen-bond donors (Lipinski definition) is 2. The standard InChI is InChI=1S/C19H19N5/c1-24-10-16-20-14-6-2-4-12(18(14)22-16)8-9-13-5-3-7-15-19(13)23-17(11-24)21-15/h2-7H,8-11H2,1H3,(H,20,22)(H,21,23). The summed E-state index contributed by atoms with van der Waals surface area (Å²) in [5, 5.41) is 0. The Labute approximate surface area is 139 Å². The first kappa shape index (κ1) is 13.7. The number of para-hydroxylation sites is 2. The molecule has 0 saturated heterocycles. The molecule has 0 fully saturated rings. The average Bonchev–Trinajstić information content (AvgIpc) is 3.15. The number of aromatic nitrogens is 4. The molecule has 0 aliphatic carbocycles. The molecule has 0 spiro atoms. The second-order valence-electron chi connectivity index (χ2n) is 6.67. The number of benzene rings is 2. The van der Waals surface area contributed by atoms with Crippen molar-refractivity contribution in [1.82, 2.24) is 24.8 Å². The number of aryl methyl sites for hydroxylation is 2. The first-order valence-electron chi connectivity index (χ1n) is 8.38. The summed E-state index contributed by atoms with van der Waals surface area (Å²) >= 11 is 0.